The monoisotopic (exact) mass is 394 g/mol. The third kappa shape index (κ3) is 4.67. The molecule has 29 heavy (non-hydrogen) atoms. The van der Waals surface area contributed by atoms with Crippen LogP contribution in [0, 0.1) is 0 Å². The first-order valence-electron chi connectivity index (χ1n) is 8.68. The molecule has 3 aromatic rings. The van der Waals surface area contributed by atoms with Crippen molar-refractivity contribution in [3.63, 3.8) is 0 Å². The van der Waals surface area contributed by atoms with Crippen molar-refractivity contribution in [1.29, 1.82) is 0 Å². The first-order valence-corrected chi connectivity index (χ1v) is 8.68. The summed E-state index contributed by atoms with van der Waals surface area (Å²) in [4.78, 5) is 41.1. The van der Waals surface area contributed by atoms with E-state index in [1.807, 2.05) is 0 Å². The lowest BCUT2D eigenvalue weighted by molar-refractivity contribution is -0.134. The summed E-state index contributed by atoms with van der Waals surface area (Å²) in [7, 11) is 0. The number of pyridine rings is 1. The van der Waals surface area contributed by atoms with Gasteiger partial charge in [-0.1, -0.05) is 24.3 Å². The van der Waals surface area contributed by atoms with Crippen molar-refractivity contribution in [1.82, 2.24) is 4.98 Å². The molecular weight excluding hydrogens is 376 g/mol. The molecule has 1 aromatic heterocycles. The molecule has 0 aliphatic carbocycles. The predicted octanol–water partition coefficient (Wildman–Crippen LogP) is 2.70. The van der Waals surface area contributed by atoms with Crippen LogP contribution in [0.15, 0.2) is 52.3 Å². The van der Waals surface area contributed by atoms with Gasteiger partial charge in [-0.2, -0.15) is 0 Å². The molecule has 1 heterocycles. The summed E-state index contributed by atoms with van der Waals surface area (Å²) < 4.78 is 10.1. The van der Waals surface area contributed by atoms with E-state index in [4.69, 9.17) is 9.47 Å². The summed E-state index contributed by atoms with van der Waals surface area (Å²) in [5, 5.41) is 11.1. The maximum Gasteiger partial charge on any atom is 0.308 e. The van der Waals surface area contributed by atoms with Gasteiger partial charge < -0.3 is 14.6 Å². The fourth-order valence-corrected chi connectivity index (χ4v) is 2.78. The molecule has 0 amide bonds. The van der Waals surface area contributed by atoms with Gasteiger partial charge in [-0.3, -0.25) is 24.4 Å². The number of hydrogen-bond acceptors (Lipinski definition) is 7. The molecule has 2 aromatic carbocycles. The highest BCUT2D eigenvalue weighted by Gasteiger charge is 2.12. The quantitative estimate of drug-likeness (QED) is 0.390. The van der Waals surface area contributed by atoms with Crippen molar-refractivity contribution in [3.8, 4) is 17.4 Å². The molecule has 0 fully saturated rings. The molecule has 0 atom stereocenters. The Bertz CT molecular complexity index is 1180. The van der Waals surface area contributed by atoms with Crippen LogP contribution in [0.5, 0.6) is 17.4 Å². The summed E-state index contributed by atoms with van der Waals surface area (Å²) >= 11 is 0. The molecule has 0 aliphatic rings. The number of H-pyrrole nitrogens is 1. The van der Waals surface area contributed by atoms with Gasteiger partial charge in [-0.25, -0.2) is 0 Å². The summed E-state index contributed by atoms with van der Waals surface area (Å²) in [6, 6.07) is 11.6. The lowest BCUT2D eigenvalue weighted by atomic mass is 10.1. The molecule has 148 valence electrons. The molecule has 3 rings (SSSR count). The van der Waals surface area contributed by atoms with Crippen LogP contribution in [-0.2, 0) is 16.1 Å². The molecule has 0 bridgehead atoms. The lowest BCUT2D eigenvalue weighted by Crippen LogP contribution is -2.08. The van der Waals surface area contributed by atoms with Crippen molar-refractivity contribution in [3.05, 3.63) is 63.9 Å². The van der Waals surface area contributed by atoms with Gasteiger partial charge in [0.15, 0.2) is 11.5 Å². The van der Waals surface area contributed by atoms with E-state index in [0.717, 1.165) is 0 Å². The van der Waals surface area contributed by atoms with Crippen LogP contribution in [0.25, 0.3) is 10.8 Å². The Kier molecular flexibility index (Phi) is 5.73. The minimum atomic E-state index is -0.552. The molecule has 8 heteroatoms. The van der Waals surface area contributed by atoms with Crippen molar-refractivity contribution >= 4 is 28.9 Å². The molecule has 0 radical (unpaired) electrons. The van der Waals surface area contributed by atoms with Gasteiger partial charge in [0.05, 0.1) is 12.1 Å². The zero-order valence-corrected chi connectivity index (χ0v) is 15.8. The van der Waals surface area contributed by atoms with Crippen molar-refractivity contribution in [2.24, 2.45) is 4.99 Å². The number of rotatable bonds is 5. The predicted molar refractivity (Wildman–Crippen MR) is 107 cm³/mol. The minimum Gasteiger partial charge on any atom is -0.494 e. The third-order valence-corrected chi connectivity index (χ3v) is 3.96. The molecule has 0 spiro atoms. The zero-order chi connectivity index (χ0) is 21.0. The summed E-state index contributed by atoms with van der Waals surface area (Å²) in [6.45, 7) is 2.69. The third-order valence-electron chi connectivity index (χ3n) is 3.96. The number of aromatic hydroxyl groups is 1. The van der Waals surface area contributed by atoms with E-state index < -0.39 is 11.9 Å². The second-order valence-electron chi connectivity index (χ2n) is 6.20. The number of benzene rings is 2. The number of carbonyl (C=O) groups is 2. The number of nitrogens with one attached hydrogen (secondary N) is 1. The minimum absolute atomic E-state index is 0.109. The van der Waals surface area contributed by atoms with Gasteiger partial charge in [0.25, 0.3) is 5.56 Å². The maximum absolute atomic E-state index is 11.9. The number of aromatic nitrogens is 1. The highest BCUT2D eigenvalue weighted by molar-refractivity contribution is 6.01. The first-order chi connectivity index (χ1) is 13.8. The van der Waals surface area contributed by atoms with Crippen LogP contribution in [0.1, 0.15) is 25.0 Å². The van der Waals surface area contributed by atoms with Gasteiger partial charge in [0.1, 0.15) is 0 Å². The Morgan fingerprint density at radius 3 is 2.38 bits per heavy atom. The van der Waals surface area contributed by atoms with Crippen LogP contribution in [0.3, 0.4) is 0 Å². The molecule has 0 saturated heterocycles. The van der Waals surface area contributed by atoms with Gasteiger partial charge in [-0.15, -0.1) is 0 Å². The van der Waals surface area contributed by atoms with E-state index in [9.17, 15) is 19.5 Å². The number of esters is 2. The lowest BCUT2D eigenvalue weighted by Gasteiger charge is -2.09. The van der Waals surface area contributed by atoms with Crippen molar-refractivity contribution < 1.29 is 24.2 Å². The Morgan fingerprint density at radius 2 is 1.69 bits per heavy atom. The number of hydrogen-bond donors (Lipinski definition) is 2. The van der Waals surface area contributed by atoms with Crippen molar-refractivity contribution in [2.75, 3.05) is 0 Å². The smallest absolute Gasteiger partial charge is 0.308 e. The number of carbonyl (C=O) groups excluding carboxylic acids is 2. The highest BCUT2D eigenvalue weighted by Crippen LogP contribution is 2.29. The maximum atomic E-state index is 11.9. The highest BCUT2D eigenvalue weighted by atomic mass is 16.6. The van der Waals surface area contributed by atoms with Crippen molar-refractivity contribution in [2.45, 2.75) is 20.4 Å². The van der Waals surface area contributed by atoms with E-state index >= 15 is 0 Å². The van der Waals surface area contributed by atoms with E-state index in [-0.39, 0.29) is 29.5 Å². The summed E-state index contributed by atoms with van der Waals surface area (Å²) in [5.41, 5.74) is 0.681. The Hall–Kier alpha value is -3.94. The number of aliphatic imine (C=N–C) groups is 1. The van der Waals surface area contributed by atoms with Gasteiger partial charge in [-0.05, 0) is 23.8 Å². The van der Waals surface area contributed by atoms with Crippen LogP contribution < -0.4 is 15.0 Å². The first kappa shape index (κ1) is 19.8. The number of aromatic amines is 1. The molecular formula is C21H18N2O6. The molecule has 0 saturated carbocycles. The second-order valence-corrected chi connectivity index (χ2v) is 6.20. The Balaban J connectivity index is 1.89. The number of fused-ring (bicyclic) bond motifs is 1. The molecule has 0 unspecified atom stereocenters. The van der Waals surface area contributed by atoms with Gasteiger partial charge >= 0.3 is 11.9 Å². The fraction of sp³-hybridized carbons (Fsp3) is 0.143. The van der Waals surface area contributed by atoms with Crippen LogP contribution in [0.2, 0.25) is 0 Å². The summed E-state index contributed by atoms with van der Waals surface area (Å²) in [6.07, 6.45) is 1.46. The molecule has 0 aliphatic heterocycles. The van der Waals surface area contributed by atoms with Crippen LogP contribution in [-0.4, -0.2) is 28.2 Å². The SMILES string of the molecule is CC(=O)Oc1ccc(CN=Cc2c(O)[nH]c(=O)c3ccccc23)cc1OC(C)=O. The van der Waals surface area contributed by atoms with Crippen LogP contribution in [0.4, 0.5) is 0 Å². The second kappa shape index (κ2) is 8.39. The average Bonchev–Trinajstić information content (AvgIpc) is 2.65. The fourth-order valence-electron chi connectivity index (χ4n) is 2.78. The van der Waals surface area contributed by atoms with Crippen LogP contribution >= 0.6 is 0 Å². The van der Waals surface area contributed by atoms with E-state index in [1.165, 1.54) is 26.1 Å². The van der Waals surface area contributed by atoms with Gasteiger partial charge in [0.2, 0.25) is 5.88 Å². The normalized spacial score (nSPS) is 11.0. The van der Waals surface area contributed by atoms with E-state index in [0.29, 0.717) is 21.9 Å². The van der Waals surface area contributed by atoms with Gasteiger partial charge in [0, 0.05) is 30.8 Å². The number of ether oxygens (including phenoxy) is 2. The van der Waals surface area contributed by atoms with E-state index in [2.05, 4.69) is 9.98 Å². The average molecular weight is 394 g/mol. The van der Waals surface area contributed by atoms with E-state index in [1.54, 1.807) is 36.4 Å². The molecule has 2 N–H and O–H groups in total. The standard InChI is InChI=1S/C21H18N2O6/c1-12(24)28-18-8-7-14(9-19(18)29-13(2)25)10-22-11-17-15-5-3-4-6-16(15)20(26)23-21(17)27/h3-9,11H,10H2,1-2H3,(H2,23,26,27). The Labute approximate surface area is 165 Å². The topological polar surface area (TPSA) is 118 Å². The molecule has 8 nitrogen and oxygen atoms in total. The Morgan fingerprint density at radius 1 is 1.03 bits per heavy atom. The summed E-state index contributed by atoms with van der Waals surface area (Å²) in [5.74, 6) is -1.13. The number of nitrogens with zero attached hydrogens (tertiary/aromatic N) is 1. The largest absolute Gasteiger partial charge is 0.494 e. The zero-order valence-electron chi connectivity index (χ0n) is 15.8.